The lowest BCUT2D eigenvalue weighted by atomic mass is 9.90. The molecule has 0 saturated heterocycles. The molecule has 2 nitrogen and oxygen atoms in total. The molecule has 0 amide bonds. The number of halogens is 6. The lowest BCUT2D eigenvalue weighted by Gasteiger charge is -2.19. The molecule has 0 aliphatic heterocycles. The van der Waals surface area contributed by atoms with E-state index in [0.717, 1.165) is 0 Å². The minimum Gasteiger partial charge on any atom is -0.321 e. The number of fused-ring (bicyclic) bond motifs is 1. The third kappa shape index (κ3) is 3.81. The number of hydrogen-bond acceptors (Lipinski definition) is 1. The monoisotopic (exact) mass is 433 g/mol. The van der Waals surface area contributed by atoms with E-state index in [1.807, 2.05) is 0 Å². The molecule has 0 bridgehead atoms. The minimum atomic E-state index is -5.12. The van der Waals surface area contributed by atoms with Crippen molar-refractivity contribution in [1.29, 1.82) is 0 Å². The summed E-state index contributed by atoms with van der Waals surface area (Å²) < 4.78 is 81.8. The van der Waals surface area contributed by atoms with Crippen LogP contribution >= 0.6 is 0 Å². The van der Waals surface area contributed by atoms with E-state index in [4.69, 9.17) is 0 Å². The van der Waals surface area contributed by atoms with Gasteiger partial charge < -0.3 is 4.98 Å². The highest BCUT2D eigenvalue weighted by Gasteiger charge is 2.39. The third-order valence-corrected chi connectivity index (χ3v) is 4.88. The molecule has 1 aromatic heterocycles. The molecule has 3 aromatic carbocycles. The van der Waals surface area contributed by atoms with Crippen molar-refractivity contribution >= 4 is 10.8 Å². The molecule has 0 fully saturated rings. The zero-order valence-corrected chi connectivity index (χ0v) is 15.6. The van der Waals surface area contributed by atoms with Crippen molar-refractivity contribution in [1.82, 2.24) is 4.98 Å². The van der Waals surface area contributed by atoms with E-state index < -0.39 is 39.8 Å². The largest absolute Gasteiger partial charge is 0.417 e. The van der Waals surface area contributed by atoms with E-state index in [0.29, 0.717) is 17.2 Å². The van der Waals surface area contributed by atoms with Gasteiger partial charge in [-0.25, -0.2) is 0 Å². The molecule has 1 heterocycles. The summed E-state index contributed by atoms with van der Waals surface area (Å²) in [5, 5.41) is -1.25. The van der Waals surface area contributed by atoms with Gasteiger partial charge in [-0.2, -0.15) is 26.3 Å². The van der Waals surface area contributed by atoms with Gasteiger partial charge in [-0.1, -0.05) is 60.7 Å². The van der Waals surface area contributed by atoms with Crippen LogP contribution in [0.2, 0.25) is 0 Å². The van der Waals surface area contributed by atoms with Gasteiger partial charge in [0.1, 0.15) is 0 Å². The Morgan fingerprint density at radius 1 is 0.677 bits per heavy atom. The highest BCUT2D eigenvalue weighted by atomic mass is 19.4. The number of aromatic amines is 1. The summed E-state index contributed by atoms with van der Waals surface area (Å²) in [5.74, 6) is 0. The van der Waals surface area contributed by atoms with Gasteiger partial charge in [0.05, 0.1) is 16.8 Å². The molecule has 4 aromatic rings. The number of alkyl halides is 6. The van der Waals surface area contributed by atoms with Crippen LogP contribution in [0.25, 0.3) is 33.2 Å². The Hall–Kier alpha value is -3.55. The van der Waals surface area contributed by atoms with Crippen LogP contribution in [0.15, 0.2) is 77.6 Å². The first-order valence-corrected chi connectivity index (χ1v) is 9.06. The first kappa shape index (κ1) is 20.7. The van der Waals surface area contributed by atoms with Gasteiger partial charge in [-0.3, -0.25) is 4.79 Å². The molecule has 4 rings (SSSR count). The molecule has 0 spiro atoms. The fourth-order valence-electron chi connectivity index (χ4n) is 3.56. The summed E-state index contributed by atoms with van der Waals surface area (Å²) in [6.45, 7) is 0. The molecule has 1 N–H and O–H groups in total. The fourth-order valence-corrected chi connectivity index (χ4v) is 3.56. The summed E-state index contributed by atoms with van der Waals surface area (Å²) in [4.78, 5) is 15.2. The van der Waals surface area contributed by atoms with Gasteiger partial charge in [0, 0.05) is 16.3 Å². The lowest BCUT2D eigenvalue weighted by molar-refractivity contribution is -0.142. The van der Waals surface area contributed by atoms with Crippen molar-refractivity contribution < 1.29 is 26.3 Å². The zero-order chi connectivity index (χ0) is 22.4. The van der Waals surface area contributed by atoms with E-state index in [1.165, 1.54) is 12.1 Å². The molecule has 0 aliphatic carbocycles. The first-order chi connectivity index (χ1) is 14.6. The SMILES string of the molecule is O=c1[nH]c(-c2ccccc2)c(-c2ccccc2)c2c(C(F)(F)F)cc(C(F)(F)F)cc12. The summed E-state index contributed by atoms with van der Waals surface area (Å²) in [7, 11) is 0. The van der Waals surface area contributed by atoms with E-state index in [-0.39, 0.29) is 17.3 Å². The van der Waals surface area contributed by atoms with Crippen LogP contribution in [0.4, 0.5) is 26.3 Å². The standard InChI is InChI=1S/C23H13F6NO/c24-22(25,26)15-11-16-19(17(12-15)23(27,28)29)18(13-7-3-1-4-8-13)20(30-21(16)31)14-9-5-2-6-10-14/h1-12H,(H,30,31). The normalized spacial score (nSPS) is 12.3. The van der Waals surface area contributed by atoms with Crippen LogP contribution in [0.1, 0.15) is 11.1 Å². The summed E-state index contributed by atoms with van der Waals surface area (Å²) in [5.41, 5.74) is -3.24. The van der Waals surface area contributed by atoms with E-state index in [1.54, 1.807) is 48.5 Å². The second-order valence-electron chi connectivity index (χ2n) is 6.88. The quantitative estimate of drug-likeness (QED) is 0.343. The number of pyridine rings is 1. The highest BCUT2D eigenvalue weighted by Crippen LogP contribution is 2.44. The Kier molecular flexibility index (Phi) is 4.88. The van der Waals surface area contributed by atoms with Gasteiger partial charge in [0.15, 0.2) is 0 Å². The number of rotatable bonds is 2. The van der Waals surface area contributed by atoms with Crippen LogP contribution in [-0.2, 0) is 12.4 Å². The number of aromatic nitrogens is 1. The van der Waals surface area contributed by atoms with Crippen molar-refractivity contribution in [2.75, 3.05) is 0 Å². The number of H-pyrrole nitrogens is 1. The third-order valence-electron chi connectivity index (χ3n) is 4.88. The molecular formula is C23H13F6NO. The molecule has 0 atom stereocenters. The van der Waals surface area contributed by atoms with Crippen molar-refractivity contribution in [2.24, 2.45) is 0 Å². The number of benzene rings is 3. The van der Waals surface area contributed by atoms with Gasteiger partial charge in [0.2, 0.25) is 0 Å². The molecule has 158 valence electrons. The van der Waals surface area contributed by atoms with E-state index >= 15 is 0 Å². The predicted octanol–water partition coefficient (Wildman–Crippen LogP) is 6.90. The van der Waals surface area contributed by atoms with Crippen molar-refractivity contribution in [3.05, 3.63) is 94.3 Å². The van der Waals surface area contributed by atoms with E-state index in [2.05, 4.69) is 4.98 Å². The fraction of sp³-hybridized carbons (Fsp3) is 0.0870. The molecule has 31 heavy (non-hydrogen) atoms. The molecule has 0 aliphatic rings. The Morgan fingerprint density at radius 2 is 1.23 bits per heavy atom. The maximum Gasteiger partial charge on any atom is 0.417 e. The molecule has 8 heteroatoms. The second kappa shape index (κ2) is 7.30. The van der Waals surface area contributed by atoms with Crippen LogP contribution < -0.4 is 5.56 Å². The summed E-state index contributed by atoms with van der Waals surface area (Å²) in [6, 6.07) is 16.6. The van der Waals surface area contributed by atoms with Crippen LogP contribution in [0.5, 0.6) is 0 Å². The maximum atomic E-state index is 14.0. The van der Waals surface area contributed by atoms with Gasteiger partial charge in [-0.05, 0) is 23.3 Å². The van der Waals surface area contributed by atoms with E-state index in [9.17, 15) is 31.1 Å². The molecule has 0 unspecified atom stereocenters. The van der Waals surface area contributed by atoms with Gasteiger partial charge in [-0.15, -0.1) is 0 Å². The Morgan fingerprint density at radius 3 is 1.74 bits per heavy atom. The lowest BCUT2D eigenvalue weighted by Crippen LogP contribution is -2.17. The topological polar surface area (TPSA) is 32.9 Å². The highest BCUT2D eigenvalue weighted by molar-refractivity contribution is 6.04. The molecule has 0 radical (unpaired) electrons. The summed E-state index contributed by atoms with van der Waals surface area (Å²) >= 11 is 0. The van der Waals surface area contributed by atoms with Crippen molar-refractivity contribution in [3.63, 3.8) is 0 Å². The first-order valence-electron chi connectivity index (χ1n) is 9.06. The zero-order valence-electron chi connectivity index (χ0n) is 15.6. The van der Waals surface area contributed by atoms with Gasteiger partial charge >= 0.3 is 12.4 Å². The average Bonchev–Trinajstić information content (AvgIpc) is 2.73. The predicted molar refractivity (Wildman–Crippen MR) is 105 cm³/mol. The second-order valence-corrected chi connectivity index (χ2v) is 6.88. The number of hydrogen-bond donors (Lipinski definition) is 1. The van der Waals surface area contributed by atoms with Crippen LogP contribution in [-0.4, -0.2) is 4.98 Å². The molecule has 0 saturated carbocycles. The van der Waals surface area contributed by atoms with Crippen LogP contribution in [0, 0.1) is 0 Å². The average molecular weight is 433 g/mol. The van der Waals surface area contributed by atoms with Gasteiger partial charge in [0.25, 0.3) is 5.56 Å². The van der Waals surface area contributed by atoms with Crippen LogP contribution in [0.3, 0.4) is 0 Å². The minimum absolute atomic E-state index is 0.00227. The summed E-state index contributed by atoms with van der Waals surface area (Å²) in [6.07, 6.45) is -10.2. The maximum absolute atomic E-state index is 14.0. The Balaban J connectivity index is 2.26. The molecular weight excluding hydrogens is 420 g/mol. The smallest absolute Gasteiger partial charge is 0.321 e. The number of nitrogens with one attached hydrogen (secondary N) is 1. The van der Waals surface area contributed by atoms with Crippen molar-refractivity contribution in [2.45, 2.75) is 12.4 Å². The van der Waals surface area contributed by atoms with Crippen molar-refractivity contribution in [3.8, 4) is 22.4 Å². The Labute approximate surface area is 171 Å². The Bertz CT molecular complexity index is 1310.